The fraction of sp³-hybridized carbons (Fsp3) is 1.00. The molecule has 0 rings (SSSR count). The molecule has 0 aromatic rings. The molecule has 0 aliphatic heterocycles. The molecular weight excluding hydrogens is 158 g/mol. The van der Waals surface area contributed by atoms with Gasteiger partial charge in [-0.25, -0.2) is 0 Å². The van der Waals surface area contributed by atoms with Crippen LogP contribution in [-0.2, 0) is 10.8 Å². The smallest absolute Gasteiger partial charge is 0.0360 e. The monoisotopic (exact) mass is 177 g/mol. The Bertz CT molecular complexity index is 115. The number of nitrogens with one attached hydrogen (secondary N) is 1. The van der Waals surface area contributed by atoms with Gasteiger partial charge in [0.15, 0.2) is 0 Å². The minimum Gasteiger partial charge on any atom is -0.316 e. The zero-order valence-electron chi connectivity index (χ0n) is 7.72. The third kappa shape index (κ3) is 8.01. The molecular formula is C8H19NOS. The van der Waals surface area contributed by atoms with E-state index in [-0.39, 0.29) is 0 Å². The molecule has 1 atom stereocenters. The van der Waals surface area contributed by atoms with Gasteiger partial charge in [0.2, 0.25) is 0 Å². The largest absolute Gasteiger partial charge is 0.316 e. The van der Waals surface area contributed by atoms with E-state index in [4.69, 9.17) is 0 Å². The molecule has 0 fully saturated rings. The molecule has 0 aliphatic carbocycles. The summed E-state index contributed by atoms with van der Waals surface area (Å²) in [5.74, 6) is 2.19. The van der Waals surface area contributed by atoms with Crippen LogP contribution in [0.1, 0.15) is 20.8 Å². The van der Waals surface area contributed by atoms with E-state index < -0.39 is 10.8 Å². The maximum Gasteiger partial charge on any atom is 0.0360 e. The first kappa shape index (κ1) is 11.1. The van der Waals surface area contributed by atoms with Crippen LogP contribution in [-0.4, -0.2) is 28.8 Å². The van der Waals surface area contributed by atoms with Crippen molar-refractivity contribution in [2.75, 3.05) is 24.6 Å². The predicted octanol–water partition coefficient (Wildman–Crippen LogP) is 1.00. The van der Waals surface area contributed by atoms with Gasteiger partial charge in [-0.15, -0.1) is 0 Å². The molecule has 68 valence electrons. The van der Waals surface area contributed by atoms with Crippen molar-refractivity contribution >= 4 is 10.8 Å². The third-order valence-corrected chi connectivity index (χ3v) is 2.97. The van der Waals surface area contributed by atoms with Gasteiger partial charge in [0.05, 0.1) is 0 Å². The minimum atomic E-state index is -0.614. The zero-order valence-corrected chi connectivity index (χ0v) is 8.54. The van der Waals surface area contributed by atoms with Crippen LogP contribution < -0.4 is 5.32 Å². The Balaban J connectivity index is 3.23. The van der Waals surface area contributed by atoms with Crippen molar-refractivity contribution in [3.05, 3.63) is 0 Å². The summed E-state index contributed by atoms with van der Waals surface area (Å²) in [6.45, 7) is 8.12. The van der Waals surface area contributed by atoms with Gasteiger partial charge in [-0.05, 0) is 12.5 Å². The van der Waals surface area contributed by atoms with Gasteiger partial charge in [-0.1, -0.05) is 20.8 Å². The van der Waals surface area contributed by atoms with Gasteiger partial charge < -0.3 is 5.32 Å². The van der Waals surface area contributed by atoms with Crippen molar-refractivity contribution in [3.8, 4) is 0 Å². The summed E-state index contributed by atoms with van der Waals surface area (Å²) in [6, 6.07) is 0. The summed E-state index contributed by atoms with van der Waals surface area (Å²) in [6.07, 6.45) is 0. The highest BCUT2D eigenvalue weighted by molar-refractivity contribution is 7.85. The summed E-state index contributed by atoms with van der Waals surface area (Å²) in [5.41, 5.74) is 0. The van der Waals surface area contributed by atoms with Crippen LogP contribution in [0.5, 0.6) is 0 Å². The van der Waals surface area contributed by atoms with Crippen LogP contribution in [0.25, 0.3) is 0 Å². The van der Waals surface area contributed by atoms with Crippen molar-refractivity contribution in [1.82, 2.24) is 5.32 Å². The molecule has 1 unspecified atom stereocenters. The Kier molecular flexibility index (Phi) is 6.87. The second kappa shape index (κ2) is 6.80. The Labute approximate surface area is 72.2 Å². The van der Waals surface area contributed by atoms with Crippen LogP contribution in [0.3, 0.4) is 0 Å². The standard InChI is InChI=1S/C8H19NOS/c1-4-9-5-6-11(10)7-8(2)3/h8-9H,4-7H2,1-3H3. The summed E-state index contributed by atoms with van der Waals surface area (Å²) < 4.78 is 11.2. The van der Waals surface area contributed by atoms with Gasteiger partial charge in [-0.3, -0.25) is 4.21 Å². The fourth-order valence-electron chi connectivity index (χ4n) is 0.818. The zero-order chi connectivity index (χ0) is 8.69. The number of hydrogen-bond acceptors (Lipinski definition) is 2. The Morgan fingerprint density at radius 3 is 2.55 bits per heavy atom. The maximum absolute atomic E-state index is 11.2. The Morgan fingerprint density at radius 2 is 2.09 bits per heavy atom. The van der Waals surface area contributed by atoms with Crippen molar-refractivity contribution in [2.45, 2.75) is 20.8 Å². The van der Waals surface area contributed by atoms with Gasteiger partial charge in [-0.2, -0.15) is 0 Å². The molecule has 1 N–H and O–H groups in total. The maximum atomic E-state index is 11.2. The lowest BCUT2D eigenvalue weighted by Crippen LogP contribution is -2.21. The van der Waals surface area contributed by atoms with Crippen LogP contribution in [0.4, 0.5) is 0 Å². The van der Waals surface area contributed by atoms with Crippen molar-refractivity contribution in [2.24, 2.45) is 5.92 Å². The van der Waals surface area contributed by atoms with E-state index >= 15 is 0 Å². The molecule has 0 saturated carbocycles. The van der Waals surface area contributed by atoms with Crippen molar-refractivity contribution in [3.63, 3.8) is 0 Å². The van der Waals surface area contributed by atoms with Gasteiger partial charge in [0.1, 0.15) is 0 Å². The average molecular weight is 177 g/mol. The minimum absolute atomic E-state index is 0.553. The van der Waals surface area contributed by atoms with Gasteiger partial charge in [0.25, 0.3) is 0 Å². The Hall–Kier alpha value is 0.110. The number of hydrogen-bond donors (Lipinski definition) is 1. The molecule has 0 aromatic heterocycles. The van der Waals surface area contributed by atoms with E-state index in [1.54, 1.807) is 0 Å². The lowest BCUT2D eigenvalue weighted by Gasteiger charge is -2.04. The van der Waals surface area contributed by atoms with E-state index in [0.29, 0.717) is 5.92 Å². The second-order valence-electron chi connectivity index (χ2n) is 3.06. The molecule has 0 spiro atoms. The van der Waals surface area contributed by atoms with Crippen LogP contribution >= 0.6 is 0 Å². The molecule has 0 radical (unpaired) electrons. The highest BCUT2D eigenvalue weighted by atomic mass is 32.2. The molecule has 0 heterocycles. The lowest BCUT2D eigenvalue weighted by atomic mass is 10.3. The highest BCUT2D eigenvalue weighted by Gasteiger charge is 2.01. The fourth-order valence-corrected chi connectivity index (χ4v) is 2.10. The van der Waals surface area contributed by atoms with Gasteiger partial charge >= 0.3 is 0 Å². The molecule has 11 heavy (non-hydrogen) atoms. The van der Waals surface area contributed by atoms with Crippen LogP contribution in [0, 0.1) is 5.92 Å². The van der Waals surface area contributed by atoms with E-state index in [1.807, 2.05) is 0 Å². The summed E-state index contributed by atoms with van der Waals surface area (Å²) in [5, 5.41) is 3.16. The van der Waals surface area contributed by atoms with Crippen LogP contribution in [0.15, 0.2) is 0 Å². The molecule has 0 aromatic carbocycles. The first-order valence-electron chi connectivity index (χ1n) is 4.22. The molecule has 0 bridgehead atoms. The highest BCUT2D eigenvalue weighted by Crippen LogP contribution is 1.94. The SMILES string of the molecule is CCNCCS(=O)CC(C)C. The van der Waals surface area contributed by atoms with E-state index in [2.05, 4.69) is 26.1 Å². The van der Waals surface area contributed by atoms with E-state index in [1.165, 1.54) is 0 Å². The summed E-state index contributed by atoms with van der Waals surface area (Å²) in [4.78, 5) is 0. The average Bonchev–Trinajstić information content (AvgIpc) is 1.86. The lowest BCUT2D eigenvalue weighted by molar-refractivity contribution is 0.659. The van der Waals surface area contributed by atoms with Crippen molar-refractivity contribution in [1.29, 1.82) is 0 Å². The molecule has 0 amide bonds. The predicted molar refractivity (Wildman–Crippen MR) is 51.3 cm³/mol. The van der Waals surface area contributed by atoms with Gasteiger partial charge in [0, 0.05) is 28.9 Å². The summed E-state index contributed by atoms with van der Waals surface area (Å²) >= 11 is 0. The van der Waals surface area contributed by atoms with Crippen molar-refractivity contribution < 1.29 is 4.21 Å². The first-order valence-corrected chi connectivity index (χ1v) is 5.71. The second-order valence-corrected chi connectivity index (χ2v) is 4.68. The Morgan fingerprint density at radius 1 is 1.45 bits per heavy atom. The van der Waals surface area contributed by atoms with E-state index in [0.717, 1.165) is 24.6 Å². The molecule has 0 aliphatic rings. The van der Waals surface area contributed by atoms with E-state index in [9.17, 15) is 4.21 Å². The first-order chi connectivity index (χ1) is 5.16. The third-order valence-electron chi connectivity index (χ3n) is 1.28. The normalized spacial score (nSPS) is 13.8. The van der Waals surface area contributed by atoms with Crippen LogP contribution in [0.2, 0.25) is 0 Å². The molecule has 2 nitrogen and oxygen atoms in total. The quantitative estimate of drug-likeness (QED) is 0.613. The summed E-state index contributed by atoms with van der Waals surface area (Å²) in [7, 11) is -0.614. The number of rotatable bonds is 6. The molecule has 3 heteroatoms. The topological polar surface area (TPSA) is 29.1 Å². The molecule has 0 saturated heterocycles.